The maximum atomic E-state index is 12.6. The fourth-order valence-corrected chi connectivity index (χ4v) is 4.34. The molecule has 4 nitrogen and oxygen atoms in total. The second-order valence-electron chi connectivity index (χ2n) is 5.47. The highest BCUT2D eigenvalue weighted by atomic mass is 79.9. The number of amides is 2. The highest BCUT2D eigenvalue weighted by molar-refractivity contribution is 9.10. The average molecular weight is 502 g/mol. The van der Waals surface area contributed by atoms with Gasteiger partial charge in [0, 0.05) is 4.47 Å². The molecular weight excluding hydrogens is 491 g/mol. The van der Waals surface area contributed by atoms with E-state index in [1.54, 1.807) is 24.3 Å². The Morgan fingerprint density at radius 2 is 2.00 bits per heavy atom. The van der Waals surface area contributed by atoms with Crippen LogP contribution in [0.4, 0.5) is 5.69 Å². The topological polar surface area (TPSA) is 49.4 Å². The van der Waals surface area contributed by atoms with Crippen molar-refractivity contribution in [2.45, 2.75) is 0 Å². The third-order valence-electron chi connectivity index (χ3n) is 3.55. The van der Waals surface area contributed by atoms with Crippen LogP contribution in [0.5, 0.6) is 0 Å². The van der Waals surface area contributed by atoms with E-state index in [0.717, 1.165) is 21.8 Å². The van der Waals surface area contributed by atoms with Gasteiger partial charge in [0.15, 0.2) is 0 Å². The van der Waals surface area contributed by atoms with Crippen LogP contribution in [0.3, 0.4) is 0 Å². The summed E-state index contributed by atoms with van der Waals surface area (Å²) in [6, 6.07) is 12.5. The van der Waals surface area contributed by atoms with Gasteiger partial charge in [-0.05, 0) is 35.9 Å². The monoisotopic (exact) mass is 500 g/mol. The average Bonchev–Trinajstić information content (AvgIpc) is 2.86. The van der Waals surface area contributed by atoms with Crippen LogP contribution in [0, 0.1) is 0 Å². The molecule has 0 bridgehead atoms. The molecule has 0 spiro atoms. The smallest absolute Gasteiger partial charge is 0.266 e. The van der Waals surface area contributed by atoms with E-state index < -0.39 is 5.91 Å². The number of benzene rings is 2. The summed E-state index contributed by atoms with van der Waals surface area (Å²) in [5.41, 5.74) is 1.24. The van der Waals surface area contributed by atoms with Crippen LogP contribution >= 0.6 is 63.1 Å². The molecule has 0 aromatic heterocycles. The van der Waals surface area contributed by atoms with Crippen molar-refractivity contribution in [3.63, 3.8) is 0 Å². The molecule has 1 saturated heterocycles. The SMILES string of the molecule is O=C(CN1C(=O)C(=Cc2cccc(Br)c2)SC1=S)Nc1cccc(Cl)c1Cl. The fraction of sp³-hybridized carbons (Fsp3) is 0.0556. The van der Waals surface area contributed by atoms with Gasteiger partial charge in [-0.2, -0.15) is 0 Å². The van der Waals surface area contributed by atoms with E-state index >= 15 is 0 Å². The minimum atomic E-state index is -0.417. The first-order valence-electron chi connectivity index (χ1n) is 7.60. The number of rotatable bonds is 4. The van der Waals surface area contributed by atoms with Crippen LogP contribution in [-0.2, 0) is 9.59 Å². The van der Waals surface area contributed by atoms with Crippen molar-refractivity contribution in [2.75, 3.05) is 11.9 Å². The van der Waals surface area contributed by atoms with Crippen molar-refractivity contribution >= 4 is 91.0 Å². The Balaban J connectivity index is 1.72. The van der Waals surface area contributed by atoms with Gasteiger partial charge in [0.25, 0.3) is 5.91 Å². The molecule has 0 atom stereocenters. The van der Waals surface area contributed by atoms with Crippen LogP contribution in [0.2, 0.25) is 10.0 Å². The molecule has 1 aliphatic rings. The van der Waals surface area contributed by atoms with E-state index in [2.05, 4.69) is 21.2 Å². The molecule has 1 fully saturated rings. The number of thioether (sulfide) groups is 1. The Morgan fingerprint density at radius 1 is 1.26 bits per heavy atom. The van der Waals surface area contributed by atoms with Crippen molar-refractivity contribution < 1.29 is 9.59 Å². The van der Waals surface area contributed by atoms with Gasteiger partial charge in [-0.25, -0.2) is 0 Å². The molecule has 0 radical (unpaired) electrons. The van der Waals surface area contributed by atoms with E-state index in [1.165, 1.54) is 4.90 Å². The minimum Gasteiger partial charge on any atom is -0.323 e. The summed E-state index contributed by atoms with van der Waals surface area (Å²) in [7, 11) is 0. The zero-order valence-electron chi connectivity index (χ0n) is 13.5. The standard InChI is InChI=1S/C18H11BrCl2N2O2S2/c19-11-4-1-3-10(7-11)8-14-17(25)23(18(26)27-14)9-15(24)22-13-6-2-5-12(20)16(13)21/h1-8H,9H2,(H,22,24). The van der Waals surface area contributed by atoms with Crippen LogP contribution in [0.25, 0.3) is 6.08 Å². The number of hydrogen-bond acceptors (Lipinski definition) is 4. The van der Waals surface area contributed by atoms with Crippen LogP contribution in [0.1, 0.15) is 5.56 Å². The molecule has 9 heteroatoms. The van der Waals surface area contributed by atoms with Gasteiger partial charge in [0.05, 0.1) is 20.6 Å². The van der Waals surface area contributed by atoms with Crippen LogP contribution in [-0.4, -0.2) is 27.6 Å². The van der Waals surface area contributed by atoms with Gasteiger partial charge in [0.2, 0.25) is 5.91 Å². The van der Waals surface area contributed by atoms with E-state index in [1.807, 2.05) is 24.3 Å². The Hall–Kier alpha value is -1.38. The highest BCUT2D eigenvalue weighted by Gasteiger charge is 2.33. The molecule has 0 saturated carbocycles. The summed E-state index contributed by atoms with van der Waals surface area (Å²) in [5.74, 6) is -0.725. The lowest BCUT2D eigenvalue weighted by Gasteiger charge is -2.15. The van der Waals surface area contributed by atoms with Crippen molar-refractivity contribution in [1.82, 2.24) is 4.90 Å². The molecule has 1 N–H and O–H groups in total. The first-order chi connectivity index (χ1) is 12.8. The van der Waals surface area contributed by atoms with Gasteiger partial charge >= 0.3 is 0 Å². The molecule has 2 amide bonds. The molecule has 0 unspecified atom stereocenters. The molecule has 2 aromatic rings. The van der Waals surface area contributed by atoms with Gasteiger partial charge in [0.1, 0.15) is 10.9 Å². The summed E-state index contributed by atoms with van der Waals surface area (Å²) in [4.78, 5) is 26.7. The van der Waals surface area contributed by atoms with Crippen molar-refractivity contribution in [3.8, 4) is 0 Å². The lowest BCUT2D eigenvalue weighted by Crippen LogP contribution is -2.36. The van der Waals surface area contributed by atoms with Crippen molar-refractivity contribution in [2.24, 2.45) is 0 Å². The van der Waals surface area contributed by atoms with E-state index in [9.17, 15) is 9.59 Å². The molecule has 0 aliphatic carbocycles. The Morgan fingerprint density at radius 3 is 2.74 bits per heavy atom. The quantitative estimate of drug-likeness (QED) is 0.437. The highest BCUT2D eigenvalue weighted by Crippen LogP contribution is 2.33. The molecule has 27 heavy (non-hydrogen) atoms. The molecule has 138 valence electrons. The summed E-state index contributed by atoms with van der Waals surface area (Å²) in [5, 5.41) is 3.22. The lowest BCUT2D eigenvalue weighted by atomic mass is 10.2. The molecule has 2 aromatic carbocycles. The zero-order valence-corrected chi connectivity index (χ0v) is 18.3. The molecule has 1 aliphatic heterocycles. The van der Waals surface area contributed by atoms with Crippen LogP contribution in [0.15, 0.2) is 51.8 Å². The lowest BCUT2D eigenvalue weighted by molar-refractivity contribution is -0.126. The predicted octanol–water partition coefficient (Wildman–Crippen LogP) is 5.60. The van der Waals surface area contributed by atoms with Crippen molar-refractivity contribution in [1.29, 1.82) is 0 Å². The minimum absolute atomic E-state index is 0.205. The fourth-order valence-electron chi connectivity index (χ4n) is 2.32. The molecule has 1 heterocycles. The summed E-state index contributed by atoms with van der Waals surface area (Å²) in [6.07, 6.45) is 1.75. The summed E-state index contributed by atoms with van der Waals surface area (Å²) in [6.45, 7) is -0.205. The maximum absolute atomic E-state index is 12.6. The van der Waals surface area contributed by atoms with Gasteiger partial charge < -0.3 is 5.32 Å². The maximum Gasteiger partial charge on any atom is 0.266 e. The first-order valence-corrected chi connectivity index (χ1v) is 10.4. The third-order valence-corrected chi connectivity index (χ3v) is 6.24. The number of nitrogens with zero attached hydrogens (tertiary/aromatic N) is 1. The third kappa shape index (κ3) is 4.92. The number of anilines is 1. The Labute approximate surface area is 184 Å². The van der Waals surface area contributed by atoms with E-state index in [0.29, 0.717) is 19.9 Å². The van der Waals surface area contributed by atoms with E-state index in [-0.39, 0.29) is 17.5 Å². The number of nitrogens with one attached hydrogen (secondary N) is 1. The van der Waals surface area contributed by atoms with Gasteiger partial charge in [-0.1, -0.05) is 81.3 Å². The number of halogens is 3. The Kier molecular flexibility index (Phi) is 6.60. The largest absolute Gasteiger partial charge is 0.323 e. The number of thiocarbonyl (C=S) groups is 1. The summed E-state index contributed by atoms with van der Waals surface area (Å²) >= 11 is 21.8. The van der Waals surface area contributed by atoms with Gasteiger partial charge in [-0.3, -0.25) is 14.5 Å². The van der Waals surface area contributed by atoms with Gasteiger partial charge in [-0.15, -0.1) is 0 Å². The second-order valence-corrected chi connectivity index (χ2v) is 8.85. The Bertz CT molecular complexity index is 982. The molecular formula is C18H11BrCl2N2O2S2. The second kappa shape index (κ2) is 8.75. The number of carbonyl (C=O) groups excluding carboxylic acids is 2. The predicted molar refractivity (Wildman–Crippen MR) is 119 cm³/mol. The van der Waals surface area contributed by atoms with Crippen LogP contribution < -0.4 is 5.32 Å². The normalized spacial score (nSPS) is 15.5. The first kappa shape index (κ1) is 20.4. The summed E-state index contributed by atoms with van der Waals surface area (Å²) < 4.78 is 1.23. The number of carbonyl (C=O) groups is 2. The zero-order chi connectivity index (χ0) is 19.6. The van der Waals surface area contributed by atoms with Crippen molar-refractivity contribution in [3.05, 3.63) is 67.5 Å². The van der Waals surface area contributed by atoms with E-state index in [4.69, 9.17) is 35.4 Å². The molecule has 3 rings (SSSR count). The number of hydrogen-bond donors (Lipinski definition) is 1.